The van der Waals surface area contributed by atoms with Gasteiger partial charge >= 0.3 is 12.0 Å². The maximum absolute atomic E-state index is 12.0. The number of esters is 1. The van der Waals surface area contributed by atoms with Crippen LogP contribution in [0.2, 0.25) is 0 Å². The average Bonchev–Trinajstić information content (AvgIpc) is 3.12. The molecule has 1 aromatic rings. The lowest BCUT2D eigenvalue weighted by Gasteiger charge is -2.18. The Morgan fingerprint density at radius 3 is 2.65 bits per heavy atom. The molecule has 124 valence electrons. The van der Waals surface area contributed by atoms with Crippen molar-refractivity contribution >= 4 is 35.0 Å². The summed E-state index contributed by atoms with van der Waals surface area (Å²) in [6, 6.07) is 3.09. The molecule has 1 aromatic heterocycles. The number of hydrogen-bond acceptors (Lipinski definition) is 6. The first kappa shape index (κ1) is 17.1. The Balaban J connectivity index is 1.78. The number of carbonyl (C=O) groups excluding carboxylic acids is 4. The van der Waals surface area contributed by atoms with Crippen LogP contribution >= 0.6 is 11.3 Å². The van der Waals surface area contributed by atoms with Gasteiger partial charge in [-0.15, -0.1) is 11.3 Å². The molecular formula is C15H18N2O5S. The topological polar surface area (TPSA) is 92.8 Å². The van der Waals surface area contributed by atoms with Crippen molar-refractivity contribution in [2.24, 2.45) is 0 Å². The van der Waals surface area contributed by atoms with Crippen molar-refractivity contribution in [2.75, 3.05) is 13.1 Å². The molecule has 2 rings (SSSR count). The van der Waals surface area contributed by atoms with Gasteiger partial charge < -0.3 is 10.1 Å². The Morgan fingerprint density at radius 2 is 2.09 bits per heavy atom. The molecule has 0 bridgehead atoms. The number of thiophene rings is 1. The highest BCUT2D eigenvalue weighted by molar-refractivity contribution is 7.14. The molecule has 23 heavy (non-hydrogen) atoms. The molecule has 0 unspecified atom stereocenters. The summed E-state index contributed by atoms with van der Waals surface area (Å²) < 4.78 is 5.01. The van der Waals surface area contributed by atoms with E-state index in [1.54, 1.807) is 6.07 Å². The van der Waals surface area contributed by atoms with Crippen LogP contribution in [-0.2, 0) is 14.3 Å². The zero-order chi connectivity index (χ0) is 17.0. The number of aryl methyl sites for hydroxylation is 1. The van der Waals surface area contributed by atoms with Crippen molar-refractivity contribution in [3.05, 3.63) is 21.9 Å². The molecular weight excluding hydrogens is 320 g/mol. The number of nitrogens with one attached hydrogen (secondary N) is 1. The molecule has 1 aliphatic rings. The Hall–Kier alpha value is -2.22. The normalized spacial score (nSPS) is 15.2. The van der Waals surface area contributed by atoms with Gasteiger partial charge in [0.1, 0.15) is 0 Å². The second-order valence-electron chi connectivity index (χ2n) is 5.19. The van der Waals surface area contributed by atoms with Crippen LogP contribution in [0.25, 0.3) is 0 Å². The fourth-order valence-electron chi connectivity index (χ4n) is 2.13. The number of amides is 3. The van der Waals surface area contributed by atoms with Gasteiger partial charge in [0.2, 0.25) is 0 Å². The standard InChI is InChI=1S/C15H18N2O5S/c1-9-3-5-12(23-9)11(18)4-6-13(19)22-10(2)14(20)17-8-7-16-15(17)21/h3,5,10H,4,6-8H2,1-2H3,(H,16,21)/t10-/m1/s1. The summed E-state index contributed by atoms with van der Waals surface area (Å²) in [7, 11) is 0. The first-order valence-corrected chi connectivity index (χ1v) is 8.08. The monoisotopic (exact) mass is 338 g/mol. The highest BCUT2D eigenvalue weighted by Crippen LogP contribution is 2.17. The number of nitrogens with zero attached hydrogens (tertiary/aromatic N) is 1. The molecule has 8 heteroatoms. The van der Waals surface area contributed by atoms with Gasteiger partial charge in [-0.05, 0) is 26.0 Å². The molecule has 0 aromatic carbocycles. The van der Waals surface area contributed by atoms with E-state index in [4.69, 9.17) is 4.74 Å². The van der Waals surface area contributed by atoms with Crippen LogP contribution < -0.4 is 5.32 Å². The summed E-state index contributed by atoms with van der Waals surface area (Å²) in [4.78, 5) is 49.7. The SMILES string of the molecule is Cc1ccc(C(=O)CCC(=O)O[C@H](C)C(=O)N2CCNC2=O)s1. The van der Waals surface area contributed by atoms with Crippen LogP contribution in [0.5, 0.6) is 0 Å². The van der Waals surface area contributed by atoms with Crippen molar-refractivity contribution < 1.29 is 23.9 Å². The van der Waals surface area contributed by atoms with Gasteiger partial charge in [0, 0.05) is 24.4 Å². The summed E-state index contributed by atoms with van der Waals surface area (Å²) in [6.45, 7) is 3.96. The maximum atomic E-state index is 12.0. The largest absolute Gasteiger partial charge is 0.453 e. The second-order valence-corrected chi connectivity index (χ2v) is 6.48. The van der Waals surface area contributed by atoms with Crippen molar-refractivity contribution in [3.63, 3.8) is 0 Å². The lowest BCUT2D eigenvalue weighted by molar-refractivity contribution is -0.157. The molecule has 0 aliphatic carbocycles. The minimum Gasteiger partial charge on any atom is -0.453 e. The van der Waals surface area contributed by atoms with Gasteiger partial charge in [-0.1, -0.05) is 0 Å². The molecule has 7 nitrogen and oxygen atoms in total. The number of hydrogen-bond donors (Lipinski definition) is 1. The number of ether oxygens (including phenoxy) is 1. The van der Waals surface area contributed by atoms with Crippen LogP contribution in [0.15, 0.2) is 12.1 Å². The Bertz CT molecular complexity index is 640. The summed E-state index contributed by atoms with van der Waals surface area (Å²) in [5, 5.41) is 2.50. The predicted molar refractivity (Wildman–Crippen MR) is 83.3 cm³/mol. The maximum Gasteiger partial charge on any atom is 0.324 e. The predicted octanol–water partition coefficient (Wildman–Crippen LogP) is 1.50. The lowest BCUT2D eigenvalue weighted by atomic mass is 10.2. The van der Waals surface area contributed by atoms with E-state index in [1.807, 2.05) is 13.0 Å². The number of carbonyl (C=O) groups is 4. The third kappa shape index (κ3) is 4.38. The van der Waals surface area contributed by atoms with Crippen molar-refractivity contribution in [1.29, 1.82) is 0 Å². The smallest absolute Gasteiger partial charge is 0.324 e. The molecule has 1 fully saturated rings. The zero-order valence-corrected chi connectivity index (χ0v) is 13.8. The van der Waals surface area contributed by atoms with E-state index in [-0.39, 0.29) is 25.2 Å². The molecule has 0 radical (unpaired) electrons. The average molecular weight is 338 g/mol. The van der Waals surface area contributed by atoms with Gasteiger partial charge in [-0.25, -0.2) is 4.79 Å². The van der Waals surface area contributed by atoms with Gasteiger partial charge in [-0.2, -0.15) is 0 Å². The number of ketones is 1. The second kappa shape index (κ2) is 7.36. The molecule has 0 saturated carbocycles. The fraction of sp³-hybridized carbons (Fsp3) is 0.467. The molecule has 2 heterocycles. The minimum absolute atomic E-state index is 0.0316. The first-order valence-electron chi connectivity index (χ1n) is 7.27. The van der Waals surface area contributed by atoms with Crippen molar-refractivity contribution in [2.45, 2.75) is 32.8 Å². The third-order valence-electron chi connectivity index (χ3n) is 3.35. The highest BCUT2D eigenvalue weighted by atomic mass is 32.1. The van der Waals surface area contributed by atoms with E-state index in [2.05, 4.69) is 5.32 Å². The Morgan fingerprint density at radius 1 is 1.35 bits per heavy atom. The fourth-order valence-corrected chi connectivity index (χ4v) is 2.97. The van der Waals surface area contributed by atoms with Crippen LogP contribution in [0.3, 0.4) is 0 Å². The van der Waals surface area contributed by atoms with Gasteiger partial charge in [0.15, 0.2) is 11.9 Å². The minimum atomic E-state index is -1.05. The summed E-state index contributed by atoms with van der Waals surface area (Å²) in [5.41, 5.74) is 0. The molecule has 1 N–H and O–H groups in total. The summed E-state index contributed by atoms with van der Waals surface area (Å²) >= 11 is 1.38. The Kier molecular flexibility index (Phi) is 5.49. The van der Waals surface area contributed by atoms with Gasteiger partial charge in [0.05, 0.1) is 11.3 Å². The van der Waals surface area contributed by atoms with E-state index in [9.17, 15) is 19.2 Å². The van der Waals surface area contributed by atoms with E-state index in [1.165, 1.54) is 18.3 Å². The molecule has 1 saturated heterocycles. The van der Waals surface area contributed by atoms with E-state index in [0.717, 1.165) is 9.78 Å². The third-order valence-corrected chi connectivity index (χ3v) is 4.39. The highest BCUT2D eigenvalue weighted by Gasteiger charge is 2.31. The molecule has 3 amide bonds. The molecule has 0 spiro atoms. The Labute approximate surface area is 137 Å². The molecule has 1 atom stereocenters. The van der Waals surface area contributed by atoms with E-state index >= 15 is 0 Å². The van der Waals surface area contributed by atoms with Crippen LogP contribution in [0.1, 0.15) is 34.3 Å². The van der Waals surface area contributed by atoms with Gasteiger partial charge in [0.25, 0.3) is 5.91 Å². The van der Waals surface area contributed by atoms with Gasteiger partial charge in [-0.3, -0.25) is 19.3 Å². The quantitative estimate of drug-likeness (QED) is 0.627. The number of Topliss-reactive ketones (excluding diaryl/α,β-unsaturated/α-hetero) is 1. The van der Waals surface area contributed by atoms with Crippen molar-refractivity contribution in [1.82, 2.24) is 10.2 Å². The first-order chi connectivity index (χ1) is 10.9. The zero-order valence-electron chi connectivity index (χ0n) is 13.0. The number of urea groups is 1. The van der Waals surface area contributed by atoms with Crippen molar-refractivity contribution in [3.8, 4) is 0 Å². The molecule has 1 aliphatic heterocycles. The summed E-state index contributed by atoms with van der Waals surface area (Å²) in [5.74, 6) is -1.32. The lowest BCUT2D eigenvalue weighted by Crippen LogP contribution is -2.41. The number of rotatable bonds is 6. The van der Waals surface area contributed by atoms with Crippen LogP contribution in [0.4, 0.5) is 4.79 Å². The summed E-state index contributed by atoms with van der Waals surface area (Å²) in [6.07, 6.45) is -1.12. The van der Waals surface area contributed by atoms with Crippen LogP contribution in [0, 0.1) is 6.92 Å². The van der Waals surface area contributed by atoms with Crippen LogP contribution in [-0.4, -0.2) is 47.8 Å². The van der Waals surface area contributed by atoms with E-state index < -0.39 is 24.0 Å². The van der Waals surface area contributed by atoms with E-state index in [0.29, 0.717) is 11.4 Å². The number of imide groups is 1.